The monoisotopic (exact) mass is 580 g/mol. The number of carbonyl (C=O) groups excluding carboxylic acids is 1. The fourth-order valence-corrected chi connectivity index (χ4v) is 6.53. The normalized spacial score (nSPS) is 16.0. The third kappa shape index (κ3) is 4.60. The zero-order chi connectivity index (χ0) is 30.3. The van der Waals surface area contributed by atoms with Crippen molar-refractivity contribution in [3.63, 3.8) is 0 Å². The molecule has 1 atom stereocenters. The molecule has 5 nitrogen and oxygen atoms in total. The summed E-state index contributed by atoms with van der Waals surface area (Å²) in [6.07, 6.45) is 3.48. The number of ether oxygens (including phenoxy) is 2. The molecule has 0 saturated heterocycles. The highest BCUT2D eigenvalue weighted by Gasteiger charge is 2.53. The minimum absolute atomic E-state index is 0.333. The van der Waals surface area contributed by atoms with Crippen LogP contribution >= 0.6 is 0 Å². The Hall–Kier alpha value is -5.03. The molecule has 0 radical (unpaired) electrons. The Kier molecular flexibility index (Phi) is 7.09. The maximum Gasteiger partial charge on any atom is 0.340 e. The summed E-state index contributed by atoms with van der Waals surface area (Å²) in [7, 11) is 0. The highest BCUT2D eigenvalue weighted by molar-refractivity contribution is 5.97. The number of anilines is 4. The van der Waals surface area contributed by atoms with E-state index < -0.39 is 5.60 Å². The number of carbonyl (C=O) groups is 1. The summed E-state index contributed by atoms with van der Waals surface area (Å²) in [5.74, 6) is 1.03. The highest BCUT2D eigenvalue weighted by atomic mass is 16.6. The largest absolute Gasteiger partial charge is 0.456 e. The summed E-state index contributed by atoms with van der Waals surface area (Å²) in [4.78, 5) is 15.7. The number of benzene rings is 5. The van der Waals surface area contributed by atoms with Gasteiger partial charge < -0.3 is 19.7 Å². The second kappa shape index (κ2) is 11.2. The van der Waals surface area contributed by atoms with Crippen molar-refractivity contribution in [3.05, 3.63) is 143 Å². The average Bonchev–Trinajstić information content (AvgIpc) is 3.34. The number of rotatable bonds is 8. The fourth-order valence-electron chi connectivity index (χ4n) is 6.53. The molecule has 0 saturated carbocycles. The lowest BCUT2D eigenvalue weighted by molar-refractivity contribution is 0.0224. The number of nitrogens with zero attached hydrogens (tertiary/aromatic N) is 1. The van der Waals surface area contributed by atoms with E-state index in [1.165, 1.54) is 18.4 Å². The van der Waals surface area contributed by atoms with Gasteiger partial charge in [0.1, 0.15) is 11.5 Å². The van der Waals surface area contributed by atoms with Crippen molar-refractivity contribution in [1.29, 1.82) is 0 Å². The molecular formula is C39H36N2O3. The van der Waals surface area contributed by atoms with Crippen LogP contribution in [0.25, 0.3) is 0 Å². The van der Waals surface area contributed by atoms with E-state index >= 15 is 0 Å². The maximum absolute atomic E-state index is 13.4. The van der Waals surface area contributed by atoms with Crippen molar-refractivity contribution in [3.8, 4) is 11.5 Å². The number of fused-ring (bicyclic) bond motifs is 6. The molecule has 2 aliphatic heterocycles. The second-order valence-electron chi connectivity index (χ2n) is 11.6. The smallest absolute Gasteiger partial charge is 0.340 e. The molecule has 1 unspecified atom stereocenters. The zero-order valence-corrected chi connectivity index (χ0v) is 25.4. The Morgan fingerprint density at radius 1 is 0.750 bits per heavy atom. The Morgan fingerprint density at radius 3 is 2.25 bits per heavy atom. The molecule has 5 aromatic carbocycles. The molecule has 0 bridgehead atoms. The second-order valence-corrected chi connectivity index (χ2v) is 11.6. The minimum Gasteiger partial charge on any atom is -0.456 e. The van der Waals surface area contributed by atoms with Gasteiger partial charge in [-0.25, -0.2) is 4.79 Å². The van der Waals surface area contributed by atoms with E-state index in [9.17, 15) is 4.79 Å². The van der Waals surface area contributed by atoms with E-state index in [2.05, 4.69) is 79.5 Å². The van der Waals surface area contributed by atoms with Crippen LogP contribution in [0.2, 0.25) is 0 Å². The van der Waals surface area contributed by atoms with Gasteiger partial charge in [0, 0.05) is 52.1 Å². The van der Waals surface area contributed by atoms with Crippen LogP contribution in [0.3, 0.4) is 0 Å². The molecule has 5 aromatic rings. The predicted octanol–water partition coefficient (Wildman–Crippen LogP) is 9.81. The predicted molar refractivity (Wildman–Crippen MR) is 177 cm³/mol. The lowest BCUT2D eigenvalue weighted by Crippen LogP contribution is -2.33. The van der Waals surface area contributed by atoms with Crippen LogP contribution in [0, 0.1) is 6.92 Å². The lowest BCUT2D eigenvalue weighted by atomic mass is 9.77. The fraction of sp³-hybridized carbons (Fsp3) is 0.205. The van der Waals surface area contributed by atoms with E-state index in [4.69, 9.17) is 9.47 Å². The zero-order valence-electron chi connectivity index (χ0n) is 25.4. The van der Waals surface area contributed by atoms with Crippen LogP contribution in [-0.2, 0) is 16.8 Å². The Bertz CT molecular complexity index is 1850. The molecule has 1 N–H and O–H groups in total. The minimum atomic E-state index is -1.13. The van der Waals surface area contributed by atoms with Crippen molar-refractivity contribution < 1.29 is 14.3 Å². The molecule has 0 fully saturated rings. The first-order valence-corrected chi connectivity index (χ1v) is 15.5. The van der Waals surface area contributed by atoms with E-state index in [1.54, 1.807) is 0 Å². The third-order valence-corrected chi connectivity index (χ3v) is 8.79. The maximum atomic E-state index is 13.4. The van der Waals surface area contributed by atoms with Gasteiger partial charge in [0.25, 0.3) is 0 Å². The van der Waals surface area contributed by atoms with Crippen molar-refractivity contribution in [2.24, 2.45) is 0 Å². The number of esters is 1. The Labute approximate surface area is 259 Å². The highest BCUT2D eigenvalue weighted by Crippen LogP contribution is 2.57. The third-order valence-electron chi connectivity index (χ3n) is 8.79. The van der Waals surface area contributed by atoms with E-state index in [-0.39, 0.29) is 5.97 Å². The van der Waals surface area contributed by atoms with Crippen molar-refractivity contribution >= 4 is 28.7 Å². The molecule has 44 heavy (non-hydrogen) atoms. The van der Waals surface area contributed by atoms with Crippen LogP contribution in [0.1, 0.15) is 64.9 Å². The summed E-state index contributed by atoms with van der Waals surface area (Å²) < 4.78 is 13.1. The van der Waals surface area contributed by atoms with Gasteiger partial charge in [0.05, 0.1) is 5.56 Å². The number of nitrogens with one attached hydrogen (secondary N) is 1. The first-order valence-electron chi connectivity index (χ1n) is 15.5. The van der Waals surface area contributed by atoms with Crippen LogP contribution in [0.4, 0.5) is 22.7 Å². The molecular weight excluding hydrogens is 544 g/mol. The SMILES string of the molecule is CCCCc1ccc(N(CC)c2ccc3c(c2)Oc2cc(C)c(Nc4ccccc4)cc2C32OC(=O)c3ccccc32)cc1. The van der Waals surface area contributed by atoms with Crippen LogP contribution in [0.5, 0.6) is 11.5 Å². The summed E-state index contributed by atoms with van der Waals surface area (Å²) >= 11 is 0. The van der Waals surface area contributed by atoms with Crippen LogP contribution < -0.4 is 15.0 Å². The van der Waals surface area contributed by atoms with Gasteiger partial charge in [-0.3, -0.25) is 0 Å². The van der Waals surface area contributed by atoms with Gasteiger partial charge in [-0.2, -0.15) is 0 Å². The molecule has 1 spiro atoms. The van der Waals surface area contributed by atoms with Crippen LogP contribution in [0.15, 0.2) is 109 Å². The van der Waals surface area contributed by atoms with Crippen LogP contribution in [-0.4, -0.2) is 12.5 Å². The lowest BCUT2D eigenvalue weighted by Gasteiger charge is -2.38. The van der Waals surface area contributed by atoms with Gasteiger partial charge >= 0.3 is 5.97 Å². The summed E-state index contributed by atoms with van der Waals surface area (Å²) in [5.41, 5.74) is 8.32. The van der Waals surface area contributed by atoms with Crippen molar-refractivity contribution in [2.45, 2.75) is 45.6 Å². The number of unbranched alkanes of at least 4 members (excludes halogenated alkanes) is 1. The molecule has 0 aromatic heterocycles. The van der Waals surface area contributed by atoms with Gasteiger partial charge in [-0.05, 0) is 92.4 Å². The van der Waals surface area contributed by atoms with Gasteiger partial charge in [-0.1, -0.05) is 61.9 Å². The Morgan fingerprint density at radius 2 is 1.48 bits per heavy atom. The molecule has 0 amide bonds. The molecule has 2 aliphatic rings. The molecule has 7 rings (SSSR count). The molecule has 2 heterocycles. The first kappa shape index (κ1) is 27.8. The van der Waals surface area contributed by atoms with Crippen molar-refractivity contribution in [2.75, 3.05) is 16.8 Å². The molecule has 220 valence electrons. The van der Waals surface area contributed by atoms with Gasteiger partial charge in [0.15, 0.2) is 5.60 Å². The molecule has 5 heteroatoms. The average molecular weight is 581 g/mol. The van der Waals surface area contributed by atoms with E-state index in [1.807, 2.05) is 60.7 Å². The van der Waals surface area contributed by atoms with E-state index in [0.717, 1.165) is 58.0 Å². The van der Waals surface area contributed by atoms with E-state index in [0.29, 0.717) is 17.1 Å². The number of aryl methyl sites for hydroxylation is 2. The van der Waals surface area contributed by atoms with Crippen molar-refractivity contribution in [1.82, 2.24) is 0 Å². The number of para-hydroxylation sites is 1. The summed E-state index contributed by atoms with van der Waals surface area (Å²) in [6.45, 7) is 7.23. The Balaban J connectivity index is 1.35. The standard InChI is InChI=1S/C39H36N2O3/c1-4-6-12-27-17-19-29(20-18-27)41(5-2)30-21-22-33-37(24-30)43-36-23-26(3)35(40-28-13-8-7-9-14-28)25-34(36)39(33)32-16-11-10-15-31(32)38(42)44-39/h7-11,13-25,40H,4-6,12H2,1-3H3. The first-order chi connectivity index (χ1) is 21.5. The summed E-state index contributed by atoms with van der Waals surface area (Å²) in [6, 6.07) is 37.0. The van der Waals surface area contributed by atoms with Gasteiger partial charge in [-0.15, -0.1) is 0 Å². The molecule has 0 aliphatic carbocycles. The quantitative estimate of drug-likeness (QED) is 0.185. The number of hydrogen-bond acceptors (Lipinski definition) is 5. The topological polar surface area (TPSA) is 50.8 Å². The summed E-state index contributed by atoms with van der Waals surface area (Å²) in [5, 5.41) is 3.55. The van der Waals surface area contributed by atoms with Gasteiger partial charge in [0.2, 0.25) is 0 Å². The number of hydrogen-bond donors (Lipinski definition) is 1.